The van der Waals surface area contributed by atoms with Crippen molar-refractivity contribution in [2.75, 3.05) is 43.9 Å². The van der Waals surface area contributed by atoms with Crippen molar-refractivity contribution in [3.63, 3.8) is 0 Å². The highest BCUT2D eigenvalue weighted by atomic mass is 79.9. The molecule has 0 aromatic carbocycles. The first-order valence-electron chi connectivity index (χ1n) is 27.8. The molecule has 17 N–H and O–H groups in total. The van der Waals surface area contributed by atoms with Crippen LogP contribution in [0.15, 0.2) is 0 Å². The van der Waals surface area contributed by atoms with Crippen LogP contribution in [0.4, 0.5) is 0 Å². The molecule has 2 unspecified atom stereocenters. The van der Waals surface area contributed by atoms with Crippen molar-refractivity contribution in [3.05, 3.63) is 0 Å². The molecule has 30 aliphatic rings. The van der Waals surface area contributed by atoms with Gasteiger partial charge in [0.1, 0.15) is 153 Å². The van der Waals surface area contributed by atoms with Crippen LogP contribution in [0.2, 0.25) is 0 Å². The Balaban J connectivity index is 0.975. The predicted octanol–water partition coefficient (Wildman–Crippen LogP) is -7.59. The molecule has 512 valence electrons. The summed E-state index contributed by atoms with van der Waals surface area (Å²) in [7, 11) is 0. The molecule has 30 aliphatic heterocycles. The SMILES string of the molecule is OC[C@H]1O[C@@H]2O[C@H]3[C@H](O)[C@@H](O)[C@@H](O[C@H]4[C@H](O)[C@@H](O)C(O[C@H]5[C@H](O)[C@@H](O)[C@@H](O[C@H]6[C@H](O)[C@@H](O)[C@@H](O[C@H]7[C@H](O)[C@@H](O)[C@@H](O[C@H]8[C@H](O)[C@@H](O)[C@@H](OC9[C@@H](CBr)O[C@H](O[C@H]1[C@H](O)[C@H]2O)[C@H](O)[C@H]9O)O[C@@H]8CBr)O[C@@H]7CBr)O[C@@H]6CBr)O[C@@H]5CBr)O[C@@H]4CBr)O[C@@H]3CBr. The molecule has 33 nitrogen and oxygen atoms in total. The molecular weight excluding hydrogens is 1660 g/mol. The maximum absolute atomic E-state index is 11.6. The lowest BCUT2D eigenvalue weighted by atomic mass is 9.95. The first kappa shape index (κ1) is 74.3. The molecule has 40 heteroatoms. The molecule has 0 saturated carbocycles. The van der Waals surface area contributed by atoms with Gasteiger partial charge in [-0.3, -0.25) is 0 Å². The number of alkyl halides is 7. The number of aliphatic hydroxyl groups excluding tert-OH is 17. The third-order valence-electron chi connectivity index (χ3n) is 16.7. The largest absolute Gasteiger partial charge is 0.394 e. The van der Waals surface area contributed by atoms with E-state index in [0.29, 0.717) is 0 Å². The average Bonchev–Trinajstić information content (AvgIpc) is 1.42. The lowest BCUT2D eigenvalue weighted by Crippen LogP contribution is -2.68. The van der Waals surface area contributed by atoms with Crippen molar-refractivity contribution in [2.45, 2.75) is 246 Å². The maximum atomic E-state index is 11.6. The number of ether oxygens (including phenoxy) is 16. The van der Waals surface area contributed by atoms with Gasteiger partial charge in [-0.1, -0.05) is 112 Å². The minimum atomic E-state index is -2.08. The zero-order valence-corrected chi connectivity index (χ0v) is 56.6. The second-order valence-corrected chi connectivity index (χ2v) is 26.8. The molecule has 0 aromatic heterocycles. The van der Waals surface area contributed by atoms with Crippen LogP contribution < -0.4 is 0 Å². The van der Waals surface area contributed by atoms with Crippen LogP contribution in [0.3, 0.4) is 0 Å². The fourth-order valence-corrected chi connectivity index (χ4v) is 15.4. The van der Waals surface area contributed by atoms with E-state index in [4.69, 9.17) is 75.8 Å². The summed E-state index contributed by atoms with van der Waals surface area (Å²) in [6, 6.07) is 0. The van der Waals surface area contributed by atoms with Crippen LogP contribution in [0, 0.1) is 0 Å². The lowest BCUT2D eigenvalue weighted by Gasteiger charge is -2.50. The summed E-state index contributed by atoms with van der Waals surface area (Å²) in [5.41, 5.74) is 0. The van der Waals surface area contributed by atoms with Gasteiger partial charge in [0.05, 0.1) is 49.3 Å². The van der Waals surface area contributed by atoms with Crippen molar-refractivity contribution in [2.24, 2.45) is 0 Å². The average molecular weight is 1740 g/mol. The van der Waals surface area contributed by atoms with Crippen molar-refractivity contribution < 1.29 is 163 Å². The Morgan fingerprint density at radius 1 is 0.170 bits per heavy atom. The first-order chi connectivity index (χ1) is 41.9. The van der Waals surface area contributed by atoms with Crippen LogP contribution in [0.25, 0.3) is 0 Å². The molecular formula is C48H73Br7O33. The van der Waals surface area contributed by atoms with E-state index in [0.717, 1.165) is 0 Å². The zero-order chi connectivity index (χ0) is 64.1. The van der Waals surface area contributed by atoms with E-state index >= 15 is 0 Å². The van der Waals surface area contributed by atoms with Crippen LogP contribution in [0.1, 0.15) is 0 Å². The van der Waals surface area contributed by atoms with E-state index in [2.05, 4.69) is 112 Å². The van der Waals surface area contributed by atoms with E-state index in [1.54, 1.807) is 0 Å². The van der Waals surface area contributed by atoms with Gasteiger partial charge in [0.2, 0.25) is 0 Å². The second-order valence-electron chi connectivity index (χ2n) is 22.3. The molecule has 0 aromatic rings. The van der Waals surface area contributed by atoms with E-state index < -0.39 is 252 Å². The highest BCUT2D eigenvalue weighted by Crippen LogP contribution is 2.41. The normalized spacial score (nSPS) is 55.4. The lowest BCUT2D eigenvalue weighted by molar-refractivity contribution is -0.397. The summed E-state index contributed by atoms with van der Waals surface area (Å²) in [5, 5.41) is 194. The Bertz CT molecular complexity index is 1730. The van der Waals surface area contributed by atoms with Crippen LogP contribution in [-0.4, -0.2) is 376 Å². The quantitative estimate of drug-likeness (QED) is 0.100. The molecule has 0 aliphatic carbocycles. The Morgan fingerprint density at radius 2 is 0.284 bits per heavy atom. The van der Waals surface area contributed by atoms with Crippen molar-refractivity contribution in [1.29, 1.82) is 0 Å². The monoisotopic (exact) mass is 1730 g/mol. The van der Waals surface area contributed by atoms with Gasteiger partial charge in [-0.15, -0.1) is 0 Å². The molecule has 16 bridgehead atoms. The van der Waals surface area contributed by atoms with Crippen LogP contribution in [0.5, 0.6) is 0 Å². The predicted molar refractivity (Wildman–Crippen MR) is 308 cm³/mol. The fraction of sp³-hybridized carbons (Fsp3) is 1.00. The number of halogens is 7. The molecule has 30 fully saturated rings. The minimum Gasteiger partial charge on any atom is -0.394 e. The van der Waals surface area contributed by atoms with Gasteiger partial charge < -0.3 is 163 Å². The summed E-state index contributed by atoms with van der Waals surface area (Å²) in [5.74, 6) is 0. The highest BCUT2D eigenvalue weighted by molar-refractivity contribution is 9.10. The number of aliphatic hydroxyl groups is 17. The summed E-state index contributed by atoms with van der Waals surface area (Å²) in [6.07, 6.45) is -69.5. The van der Waals surface area contributed by atoms with E-state index in [9.17, 15) is 86.8 Å². The molecule has 0 amide bonds. The summed E-state index contributed by atoms with van der Waals surface area (Å²) in [6.45, 7) is -0.943. The molecule has 30 saturated heterocycles. The van der Waals surface area contributed by atoms with Gasteiger partial charge in [0.25, 0.3) is 0 Å². The maximum Gasteiger partial charge on any atom is 0.187 e. The van der Waals surface area contributed by atoms with E-state index in [-0.39, 0.29) is 37.3 Å². The number of hydrogen-bond donors (Lipinski definition) is 17. The highest BCUT2D eigenvalue weighted by Gasteiger charge is 2.60. The third-order valence-corrected chi connectivity index (χ3v) is 21.2. The molecule has 0 radical (unpaired) electrons. The summed E-state index contributed by atoms with van der Waals surface area (Å²) < 4.78 is 95.9. The van der Waals surface area contributed by atoms with Crippen LogP contribution in [-0.2, 0) is 75.8 Å². The van der Waals surface area contributed by atoms with Crippen molar-refractivity contribution in [1.82, 2.24) is 0 Å². The zero-order valence-electron chi connectivity index (χ0n) is 45.5. The topological polar surface area (TPSA) is 492 Å². The number of rotatable bonds is 8. The second kappa shape index (κ2) is 32.4. The van der Waals surface area contributed by atoms with E-state index in [1.807, 2.05) is 0 Å². The van der Waals surface area contributed by atoms with Crippen LogP contribution >= 0.6 is 112 Å². The molecule has 30 heterocycles. The number of hydrogen-bond acceptors (Lipinski definition) is 33. The Hall–Kier alpha value is 2.04. The third kappa shape index (κ3) is 15.1. The first-order valence-corrected chi connectivity index (χ1v) is 35.6. The molecule has 40 atom stereocenters. The molecule has 88 heavy (non-hydrogen) atoms. The van der Waals surface area contributed by atoms with Crippen molar-refractivity contribution in [3.8, 4) is 0 Å². The Kier molecular flexibility index (Phi) is 27.3. The van der Waals surface area contributed by atoms with Gasteiger partial charge in [-0.2, -0.15) is 0 Å². The van der Waals surface area contributed by atoms with E-state index in [1.165, 1.54) is 0 Å². The molecule has 30 rings (SSSR count). The van der Waals surface area contributed by atoms with Gasteiger partial charge in [0, 0.05) is 37.3 Å². The van der Waals surface area contributed by atoms with Crippen molar-refractivity contribution >= 4 is 112 Å². The Morgan fingerprint density at radius 3 is 0.398 bits per heavy atom. The standard InChI is InChI=1S/C48H73Br7O33/c49-1-9-33-17(57)25(65)41(73-9)82-34-10(2-50)75-43(27(67)19(34)59)84-36-12(4-52)77-45(29(69)21(36)61)86-38-14(6-54)79-47(31(71)23(38)63)88-40-16(8-56)80-48(32(72)24(40)64)87-39-15(7-55)78-46(30(70)22(39)62)85-37-13(5-53)76-44(28(68)20(37)60)83-35-11(3-51)74-42(81-33)26(66)18(35)58/h9-48,56-72H,1-8H2/t9-,10-,11-,12-,13-,14-,15-,16-,17-,18-,19-,20-,21-,22-,23-,24-,25-,26-,27-,28-,29-,30-,31-,32-,33-,34-,35-,36-,37-,38?,39-,40-,41-,42-,43-,44?,45-,46-,47-,48-/m1/s1. The van der Waals surface area contributed by atoms with Gasteiger partial charge >= 0.3 is 0 Å². The summed E-state index contributed by atoms with van der Waals surface area (Å²) in [4.78, 5) is 0. The van der Waals surface area contributed by atoms with Gasteiger partial charge in [0.15, 0.2) is 50.3 Å². The minimum absolute atomic E-state index is 0.136. The van der Waals surface area contributed by atoms with Gasteiger partial charge in [-0.25, -0.2) is 0 Å². The smallest absolute Gasteiger partial charge is 0.187 e. The molecule has 0 spiro atoms. The summed E-state index contributed by atoms with van der Waals surface area (Å²) >= 11 is 23.0. The Labute approximate surface area is 559 Å². The van der Waals surface area contributed by atoms with Gasteiger partial charge in [-0.05, 0) is 0 Å². The fourth-order valence-electron chi connectivity index (χ4n) is 11.7.